The highest BCUT2D eigenvalue weighted by Gasteiger charge is 2.52. The zero-order valence-electron chi connectivity index (χ0n) is 17.2. The van der Waals surface area contributed by atoms with Gasteiger partial charge in [0.15, 0.2) is 5.78 Å². The highest BCUT2D eigenvalue weighted by Crippen LogP contribution is 2.50. The lowest BCUT2D eigenvalue weighted by Crippen LogP contribution is -2.42. The molecule has 0 amide bonds. The lowest BCUT2D eigenvalue weighted by Gasteiger charge is -2.36. The average Bonchev–Trinajstić information content (AvgIpc) is 2.76. The monoisotopic (exact) mass is 589 g/mol. The number of carbonyl (C=O) groups excluding carboxylic acids is 1. The first-order chi connectivity index (χ1) is 14.3. The van der Waals surface area contributed by atoms with Gasteiger partial charge in [-0.05, 0) is 78.1 Å². The number of carbonyl (C=O) groups is 1. The molecule has 1 aromatic rings. The predicted molar refractivity (Wildman–Crippen MR) is 122 cm³/mol. The van der Waals surface area contributed by atoms with E-state index in [9.17, 15) is 26.4 Å². The Bertz CT molecular complexity index is 1010. The van der Waals surface area contributed by atoms with Crippen LogP contribution in [0.15, 0.2) is 35.6 Å². The molecule has 1 fully saturated rings. The SMILES string of the molecule is Cc1ccccc1C1C(=O)C(C)(SI)CC2=C(OS(=O)(=O)C(F)(F)F)CCCC2N1C. The van der Waals surface area contributed by atoms with E-state index in [0.29, 0.717) is 18.4 Å². The fraction of sp³-hybridized carbons (Fsp3) is 0.550. The molecular weight excluding hydrogens is 566 g/mol. The van der Waals surface area contributed by atoms with Crippen molar-refractivity contribution in [3.63, 3.8) is 0 Å². The number of likely N-dealkylation sites (N-methyl/N-ethyl adjacent to an activating group) is 1. The number of rotatable bonds is 4. The summed E-state index contributed by atoms with van der Waals surface area (Å²) < 4.78 is 66.0. The van der Waals surface area contributed by atoms with Crippen LogP contribution < -0.4 is 0 Å². The number of halogens is 4. The molecule has 1 aliphatic heterocycles. The van der Waals surface area contributed by atoms with Gasteiger partial charge in [0, 0.05) is 12.5 Å². The molecule has 172 valence electrons. The molecule has 0 N–H and O–H groups in total. The molecule has 3 rings (SSSR count). The summed E-state index contributed by atoms with van der Waals surface area (Å²) in [6.45, 7) is 3.67. The van der Waals surface area contributed by atoms with Gasteiger partial charge in [0.2, 0.25) is 0 Å². The molecular formula is C20H23F3INO4S2. The van der Waals surface area contributed by atoms with E-state index in [1.807, 2.05) is 57.3 Å². The molecule has 1 saturated heterocycles. The fourth-order valence-corrected chi connectivity index (χ4v) is 6.41. The van der Waals surface area contributed by atoms with Crippen molar-refractivity contribution in [1.82, 2.24) is 4.90 Å². The molecule has 3 atom stereocenters. The van der Waals surface area contributed by atoms with Gasteiger partial charge in [0.1, 0.15) is 5.76 Å². The van der Waals surface area contributed by atoms with Gasteiger partial charge in [0.25, 0.3) is 0 Å². The number of hydrogen-bond acceptors (Lipinski definition) is 6. The van der Waals surface area contributed by atoms with Crippen molar-refractivity contribution in [2.24, 2.45) is 0 Å². The van der Waals surface area contributed by atoms with Gasteiger partial charge >= 0.3 is 15.6 Å². The smallest absolute Gasteiger partial charge is 0.381 e. The van der Waals surface area contributed by atoms with Crippen LogP contribution in [0.25, 0.3) is 0 Å². The number of allylic oxidation sites excluding steroid dienone is 1. The Morgan fingerprint density at radius 3 is 2.52 bits per heavy atom. The molecule has 0 spiro atoms. The average molecular weight is 589 g/mol. The van der Waals surface area contributed by atoms with Crippen molar-refractivity contribution < 1.29 is 30.6 Å². The van der Waals surface area contributed by atoms with Crippen LogP contribution in [0.5, 0.6) is 0 Å². The molecule has 31 heavy (non-hydrogen) atoms. The molecule has 0 aromatic heterocycles. The Hall–Kier alpha value is -0.790. The number of alkyl halides is 3. The number of nitrogens with zero attached hydrogens (tertiary/aromatic N) is 1. The first kappa shape index (κ1) is 24.8. The molecule has 1 aromatic carbocycles. The van der Waals surface area contributed by atoms with E-state index in [4.69, 9.17) is 0 Å². The highest BCUT2D eigenvalue weighted by molar-refractivity contribution is 14.2. The van der Waals surface area contributed by atoms with Crippen LogP contribution in [0.4, 0.5) is 13.2 Å². The summed E-state index contributed by atoms with van der Waals surface area (Å²) in [5, 5.41) is 0. The van der Waals surface area contributed by atoms with Crippen molar-refractivity contribution in [3.8, 4) is 0 Å². The Labute approximate surface area is 196 Å². The van der Waals surface area contributed by atoms with Gasteiger partial charge in [-0.3, -0.25) is 9.69 Å². The summed E-state index contributed by atoms with van der Waals surface area (Å²) >= 11 is 2.03. The van der Waals surface area contributed by atoms with Gasteiger partial charge < -0.3 is 4.18 Å². The lowest BCUT2D eigenvalue weighted by molar-refractivity contribution is -0.125. The molecule has 1 heterocycles. The quantitative estimate of drug-likeness (QED) is 0.264. The van der Waals surface area contributed by atoms with Crippen molar-refractivity contribution in [1.29, 1.82) is 0 Å². The number of Topliss-reactive ketones (excluding diaryl/α,β-unsaturated/α-hetero) is 1. The zero-order chi connectivity index (χ0) is 23.2. The standard InChI is InChI=1S/C20H23F3INO4S2/c1-12-7-4-5-8-13(12)17-18(26)19(2,30-24)11-14-15(25(17)3)9-6-10-16(14)29-31(27,28)20(21,22)23/h4-5,7-8,15,17H,6,9-11H2,1-3H3. The first-order valence-electron chi connectivity index (χ1n) is 9.66. The van der Waals surface area contributed by atoms with E-state index in [0.717, 1.165) is 11.1 Å². The molecule has 3 unspecified atom stereocenters. The normalized spacial score (nSPS) is 28.3. The summed E-state index contributed by atoms with van der Waals surface area (Å²) in [6.07, 6.45) is 1.27. The van der Waals surface area contributed by atoms with Crippen molar-refractivity contribution in [2.75, 3.05) is 7.05 Å². The molecule has 0 saturated carbocycles. The van der Waals surface area contributed by atoms with Crippen LogP contribution in [0.2, 0.25) is 0 Å². The Kier molecular flexibility index (Phi) is 7.10. The molecule has 5 nitrogen and oxygen atoms in total. The summed E-state index contributed by atoms with van der Waals surface area (Å²) in [6, 6.07) is 6.53. The topological polar surface area (TPSA) is 63.7 Å². The van der Waals surface area contributed by atoms with Crippen LogP contribution in [0.1, 0.15) is 49.8 Å². The molecule has 0 bridgehead atoms. The number of likely N-dealkylation sites (tertiary alicyclic amines) is 1. The molecule has 1 aliphatic carbocycles. The highest BCUT2D eigenvalue weighted by atomic mass is 127. The summed E-state index contributed by atoms with van der Waals surface area (Å²) in [7, 11) is -2.72. The Morgan fingerprint density at radius 2 is 1.94 bits per heavy atom. The third-order valence-corrected chi connectivity index (χ3v) is 10.6. The van der Waals surface area contributed by atoms with Crippen molar-refractivity contribution >= 4 is 46.0 Å². The molecule has 11 heteroatoms. The number of aryl methyl sites for hydroxylation is 1. The zero-order valence-corrected chi connectivity index (χ0v) is 21.0. The first-order valence-corrected chi connectivity index (χ1v) is 14.4. The summed E-state index contributed by atoms with van der Waals surface area (Å²) in [5.41, 5.74) is -3.28. The van der Waals surface area contributed by atoms with Crippen LogP contribution in [-0.4, -0.2) is 42.4 Å². The van der Waals surface area contributed by atoms with E-state index in [1.165, 1.54) is 8.93 Å². The number of benzene rings is 1. The van der Waals surface area contributed by atoms with Gasteiger partial charge in [-0.25, -0.2) is 0 Å². The maximum Gasteiger partial charge on any atom is 0.534 e. The maximum absolute atomic E-state index is 13.7. The Morgan fingerprint density at radius 1 is 1.29 bits per heavy atom. The summed E-state index contributed by atoms with van der Waals surface area (Å²) in [5.74, 6) is -0.251. The van der Waals surface area contributed by atoms with E-state index in [2.05, 4.69) is 4.18 Å². The van der Waals surface area contributed by atoms with Gasteiger partial charge in [-0.2, -0.15) is 21.6 Å². The minimum atomic E-state index is -5.78. The summed E-state index contributed by atoms with van der Waals surface area (Å²) in [4.78, 5) is 15.6. The largest absolute Gasteiger partial charge is 0.534 e. The maximum atomic E-state index is 13.7. The van der Waals surface area contributed by atoms with Crippen LogP contribution in [0.3, 0.4) is 0 Å². The van der Waals surface area contributed by atoms with Crippen LogP contribution in [0, 0.1) is 6.92 Å². The fourth-order valence-electron chi connectivity index (χ4n) is 4.34. The van der Waals surface area contributed by atoms with E-state index < -0.39 is 32.5 Å². The van der Waals surface area contributed by atoms with E-state index in [-0.39, 0.29) is 24.4 Å². The predicted octanol–water partition coefficient (Wildman–Crippen LogP) is 5.46. The lowest BCUT2D eigenvalue weighted by atomic mass is 9.86. The molecule has 0 radical (unpaired) electrons. The van der Waals surface area contributed by atoms with E-state index >= 15 is 0 Å². The minimum absolute atomic E-state index is 0.0661. The van der Waals surface area contributed by atoms with Gasteiger partial charge in [0.05, 0.1) is 10.8 Å². The number of ketones is 1. The number of fused-ring (bicyclic) bond motifs is 1. The minimum Gasteiger partial charge on any atom is -0.381 e. The van der Waals surface area contributed by atoms with E-state index in [1.54, 1.807) is 14.0 Å². The van der Waals surface area contributed by atoms with Gasteiger partial charge in [-0.1, -0.05) is 33.2 Å². The molecule has 2 aliphatic rings. The second kappa shape index (κ2) is 8.86. The van der Waals surface area contributed by atoms with Crippen molar-refractivity contribution in [3.05, 3.63) is 46.7 Å². The second-order valence-corrected chi connectivity index (χ2v) is 12.0. The third-order valence-electron chi connectivity index (χ3n) is 5.99. The van der Waals surface area contributed by atoms with Crippen LogP contribution >= 0.6 is 30.1 Å². The second-order valence-electron chi connectivity index (χ2n) is 8.11. The van der Waals surface area contributed by atoms with Crippen LogP contribution in [-0.2, 0) is 19.1 Å². The Balaban J connectivity index is 2.16. The number of hydrogen-bond donors (Lipinski definition) is 0. The van der Waals surface area contributed by atoms with Gasteiger partial charge in [-0.15, -0.1) is 0 Å². The van der Waals surface area contributed by atoms with Crippen molar-refractivity contribution in [2.45, 2.75) is 61.9 Å². The third kappa shape index (κ3) is 4.65.